The summed E-state index contributed by atoms with van der Waals surface area (Å²) in [7, 11) is 2.25. The average molecular weight is 291 g/mol. The van der Waals surface area contributed by atoms with Gasteiger partial charge in [0.1, 0.15) is 0 Å². The molecule has 0 unspecified atom stereocenters. The quantitative estimate of drug-likeness (QED) is 0.784. The molecule has 0 aromatic heterocycles. The molecule has 0 spiro atoms. The molecule has 0 amide bonds. The summed E-state index contributed by atoms with van der Waals surface area (Å²) in [6.07, 6.45) is 0. The molecule has 1 aromatic rings. The number of carbonyl (C=O) groups is 2. The van der Waals surface area contributed by atoms with Crippen molar-refractivity contribution in [1.29, 1.82) is 0 Å². The van der Waals surface area contributed by atoms with Crippen molar-refractivity contribution in [2.75, 3.05) is 14.2 Å². The van der Waals surface area contributed by atoms with Gasteiger partial charge in [-0.2, -0.15) is 0 Å². The molecule has 0 bridgehead atoms. The zero-order valence-electron chi connectivity index (χ0n) is 8.54. The van der Waals surface area contributed by atoms with E-state index < -0.39 is 17.8 Å². The van der Waals surface area contributed by atoms with E-state index in [1.54, 1.807) is 0 Å². The summed E-state index contributed by atoms with van der Waals surface area (Å²) in [6.45, 7) is 0. The highest BCUT2D eigenvalue weighted by atomic mass is 79.9. The predicted octanol–water partition coefficient (Wildman–Crippen LogP) is 2.16. The first-order chi connectivity index (χ1) is 7.51. The third-order valence-corrected chi connectivity index (χ3v) is 2.31. The Morgan fingerprint density at radius 2 is 1.50 bits per heavy atom. The molecule has 0 aliphatic carbocycles. The number of carbonyl (C=O) groups excluding carboxylic acids is 2. The minimum atomic E-state index is -0.957. The number of hydrogen-bond acceptors (Lipinski definition) is 4. The lowest BCUT2D eigenvalue weighted by atomic mass is 10.1. The number of halogens is 2. The zero-order valence-corrected chi connectivity index (χ0v) is 10.1. The van der Waals surface area contributed by atoms with Gasteiger partial charge in [0, 0.05) is 4.47 Å². The van der Waals surface area contributed by atoms with E-state index in [1.807, 2.05) is 0 Å². The molecule has 0 radical (unpaired) electrons. The van der Waals surface area contributed by atoms with Gasteiger partial charge in [-0.3, -0.25) is 0 Å². The molecule has 0 heterocycles. The first kappa shape index (κ1) is 12.6. The van der Waals surface area contributed by atoms with Gasteiger partial charge in [0.25, 0.3) is 0 Å². The summed E-state index contributed by atoms with van der Waals surface area (Å²) in [5.74, 6) is -2.67. The van der Waals surface area contributed by atoms with E-state index in [1.165, 1.54) is 12.1 Å². The summed E-state index contributed by atoms with van der Waals surface area (Å²) < 4.78 is 22.9. The normalized spacial score (nSPS) is 9.75. The SMILES string of the molecule is COC(=O)c1cc(Br)cc(C(=O)OC)c1F. The smallest absolute Gasteiger partial charge is 0.340 e. The zero-order chi connectivity index (χ0) is 12.3. The number of hydrogen-bond donors (Lipinski definition) is 0. The Labute approximate surface area is 99.5 Å². The van der Waals surface area contributed by atoms with E-state index in [-0.39, 0.29) is 11.1 Å². The van der Waals surface area contributed by atoms with Crippen LogP contribution in [0.2, 0.25) is 0 Å². The summed E-state index contributed by atoms with van der Waals surface area (Å²) in [5.41, 5.74) is -0.644. The van der Waals surface area contributed by atoms with Crippen molar-refractivity contribution in [3.63, 3.8) is 0 Å². The van der Waals surface area contributed by atoms with Crippen LogP contribution in [0.15, 0.2) is 16.6 Å². The van der Waals surface area contributed by atoms with E-state index in [4.69, 9.17) is 0 Å². The maximum absolute atomic E-state index is 13.7. The van der Waals surface area contributed by atoms with Crippen LogP contribution in [0.3, 0.4) is 0 Å². The summed E-state index contributed by atoms with van der Waals surface area (Å²) in [5, 5.41) is 0. The van der Waals surface area contributed by atoms with Crippen LogP contribution in [-0.4, -0.2) is 26.2 Å². The number of rotatable bonds is 2. The second-order valence-electron chi connectivity index (χ2n) is 2.80. The Morgan fingerprint density at radius 3 is 1.81 bits per heavy atom. The lowest BCUT2D eigenvalue weighted by molar-refractivity contribution is 0.0588. The van der Waals surface area contributed by atoms with Crippen molar-refractivity contribution < 1.29 is 23.5 Å². The molecule has 0 N–H and O–H groups in total. The summed E-state index contributed by atoms with van der Waals surface area (Å²) >= 11 is 3.06. The van der Waals surface area contributed by atoms with E-state index in [9.17, 15) is 14.0 Å². The van der Waals surface area contributed by atoms with Crippen molar-refractivity contribution in [1.82, 2.24) is 0 Å². The van der Waals surface area contributed by atoms with Crippen LogP contribution in [-0.2, 0) is 9.47 Å². The first-order valence-corrected chi connectivity index (χ1v) is 4.96. The summed E-state index contributed by atoms with van der Waals surface area (Å²) in [6, 6.07) is 2.46. The van der Waals surface area contributed by atoms with Gasteiger partial charge in [-0.05, 0) is 12.1 Å². The maximum Gasteiger partial charge on any atom is 0.340 e. The fourth-order valence-corrected chi connectivity index (χ4v) is 1.56. The van der Waals surface area contributed by atoms with Crippen molar-refractivity contribution in [3.05, 3.63) is 33.5 Å². The Hall–Kier alpha value is -1.43. The number of esters is 2. The van der Waals surface area contributed by atoms with Crippen LogP contribution in [0.25, 0.3) is 0 Å². The van der Waals surface area contributed by atoms with Gasteiger partial charge >= 0.3 is 11.9 Å². The Bertz CT molecular complexity index is 407. The molecular formula is C10H8BrFO4. The third kappa shape index (κ3) is 2.38. The molecule has 1 aromatic carbocycles. The van der Waals surface area contributed by atoms with Crippen LogP contribution < -0.4 is 0 Å². The predicted molar refractivity (Wildman–Crippen MR) is 56.8 cm³/mol. The number of methoxy groups -OCH3 is 2. The molecule has 0 aliphatic rings. The third-order valence-electron chi connectivity index (χ3n) is 1.85. The minimum absolute atomic E-state index is 0.322. The van der Waals surface area contributed by atoms with Gasteiger partial charge in [-0.1, -0.05) is 15.9 Å². The van der Waals surface area contributed by atoms with Gasteiger partial charge in [0.15, 0.2) is 5.82 Å². The molecule has 0 saturated heterocycles. The minimum Gasteiger partial charge on any atom is -0.465 e. The molecule has 0 atom stereocenters. The molecule has 4 nitrogen and oxygen atoms in total. The van der Waals surface area contributed by atoms with E-state index in [0.29, 0.717) is 4.47 Å². The second kappa shape index (κ2) is 5.07. The first-order valence-electron chi connectivity index (χ1n) is 4.17. The van der Waals surface area contributed by atoms with Crippen molar-refractivity contribution in [2.45, 2.75) is 0 Å². The molecule has 16 heavy (non-hydrogen) atoms. The van der Waals surface area contributed by atoms with Crippen molar-refractivity contribution in [3.8, 4) is 0 Å². The van der Waals surface area contributed by atoms with Crippen LogP contribution in [0.4, 0.5) is 4.39 Å². The molecule has 0 fully saturated rings. The Kier molecular flexibility index (Phi) is 4.00. The molecule has 6 heteroatoms. The number of ether oxygens (including phenoxy) is 2. The molecule has 0 aliphatic heterocycles. The summed E-state index contributed by atoms with van der Waals surface area (Å²) in [4.78, 5) is 22.4. The van der Waals surface area contributed by atoms with Crippen LogP contribution >= 0.6 is 15.9 Å². The highest BCUT2D eigenvalue weighted by Gasteiger charge is 2.21. The average Bonchev–Trinajstić information content (AvgIpc) is 2.29. The van der Waals surface area contributed by atoms with Crippen LogP contribution in [0.5, 0.6) is 0 Å². The van der Waals surface area contributed by atoms with Crippen LogP contribution in [0.1, 0.15) is 20.7 Å². The second-order valence-corrected chi connectivity index (χ2v) is 3.71. The lowest BCUT2D eigenvalue weighted by Gasteiger charge is -2.06. The lowest BCUT2D eigenvalue weighted by Crippen LogP contribution is -2.11. The molecule has 0 saturated carbocycles. The van der Waals surface area contributed by atoms with E-state index >= 15 is 0 Å². The monoisotopic (exact) mass is 290 g/mol. The van der Waals surface area contributed by atoms with E-state index in [2.05, 4.69) is 25.4 Å². The highest BCUT2D eigenvalue weighted by molar-refractivity contribution is 9.10. The van der Waals surface area contributed by atoms with Gasteiger partial charge < -0.3 is 9.47 Å². The van der Waals surface area contributed by atoms with Gasteiger partial charge in [-0.25, -0.2) is 14.0 Å². The van der Waals surface area contributed by atoms with Gasteiger partial charge in [0.05, 0.1) is 25.3 Å². The number of benzene rings is 1. The van der Waals surface area contributed by atoms with Gasteiger partial charge in [0.2, 0.25) is 0 Å². The van der Waals surface area contributed by atoms with Crippen molar-refractivity contribution >= 4 is 27.9 Å². The fraction of sp³-hybridized carbons (Fsp3) is 0.200. The maximum atomic E-state index is 13.7. The van der Waals surface area contributed by atoms with Crippen LogP contribution in [0, 0.1) is 5.82 Å². The standard InChI is InChI=1S/C10H8BrFO4/c1-15-9(13)6-3-5(11)4-7(8(6)12)10(14)16-2/h3-4H,1-2H3. The fourth-order valence-electron chi connectivity index (χ4n) is 1.11. The molecule has 1 rings (SSSR count). The van der Waals surface area contributed by atoms with Gasteiger partial charge in [-0.15, -0.1) is 0 Å². The Morgan fingerprint density at radius 1 is 1.12 bits per heavy atom. The largest absolute Gasteiger partial charge is 0.465 e. The molecule has 86 valence electrons. The van der Waals surface area contributed by atoms with Crippen molar-refractivity contribution in [2.24, 2.45) is 0 Å². The van der Waals surface area contributed by atoms with E-state index in [0.717, 1.165) is 14.2 Å². The Balaban J connectivity index is 3.37. The highest BCUT2D eigenvalue weighted by Crippen LogP contribution is 2.21. The topological polar surface area (TPSA) is 52.6 Å². The molecular weight excluding hydrogens is 283 g/mol.